The number of piperazine rings is 1. The summed E-state index contributed by atoms with van der Waals surface area (Å²) in [5, 5.41) is 7.76. The molecule has 0 spiro atoms. The first kappa shape index (κ1) is 21.4. The molecule has 33 heavy (non-hydrogen) atoms. The molecule has 1 fully saturated rings. The predicted octanol–water partition coefficient (Wildman–Crippen LogP) is 2.65. The number of carbonyl (C=O) groups is 1. The first-order valence-corrected chi connectivity index (χ1v) is 11.4. The maximum atomic E-state index is 12.4. The first-order valence-electron chi connectivity index (χ1n) is 11.4. The summed E-state index contributed by atoms with van der Waals surface area (Å²) in [6.45, 7) is 6.36. The van der Waals surface area contributed by atoms with Crippen LogP contribution in [0.2, 0.25) is 0 Å². The van der Waals surface area contributed by atoms with Crippen molar-refractivity contribution in [3.63, 3.8) is 0 Å². The zero-order valence-electron chi connectivity index (χ0n) is 19.3. The van der Waals surface area contributed by atoms with Crippen LogP contribution in [-0.4, -0.2) is 70.5 Å². The molecule has 2 aliphatic rings. The molecular formula is C24H29N7O2. The van der Waals surface area contributed by atoms with Gasteiger partial charge in [-0.1, -0.05) is 0 Å². The number of hydrogen-bond acceptors (Lipinski definition) is 8. The lowest BCUT2D eigenvalue weighted by molar-refractivity contribution is 0.0517. The summed E-state index contributed by atoms with van der Waals surface area (Å²) in [6.07, 6.45) is 3.35. The minimum Gasteiger partial charge on any atom is -0.461 e. The van der Waals surface area contributed by atoms with Crippen LogP contribution in [0.4, 0.5) is 17.3 Å². The number of anilines is 3. The second-order valence-electron chi connectivity index (χ2n) is 8.55. The van der Waals surface area contributed by atoms with E-state index in [0.717, 1.165) is 60.8 Å². The Hall–Kier alpha value is -3.46. The fraction of sp³-hybridized carbons (Fsp3) is 0.417. The standard InChI is InChI=1S/C24H29N7O2/c1-4-33-23(32)21-19-10-5-16-15-25-24(27-20(16)22(19)30(3)28-21)26-17-6-8-18(9-7-17)31-13-11-29(2)12-14-31/h6-9,15H,4-5,10-14H2,1-3H3,(H,25,26,27). The average Bonchev–Trinajstić information content (AvgIpc) is 3.17. The molecule has 1 aliphatic carbocycles. The molecule has 0 saturated carbocycles. The predicted molar refractivity (Wildman–Crippen MR) is 127 cm³/mol. The van der Waals surface area contributed by atoms with Gasteiger partial charge in [-0.3, -0.25) is 4.68 Å². The van der Waals surface area contributed by atoms with Crippen molar-refractivity contribution < 1.29 is 9.53 Å². The summed E-state index contributed by atoms with van der Waals surface area (Å²) >= 11 is 0. The third kappa shape index (κ3) is 4.16. The molecule has 1 N–H and O–H groups in total. The van der Waals surface area contributed by atoms with Crippen LogP contribution in [-0.2, 0) is 24.6 Å². The minimum absolute atomic E-state index is 0.324. The minimum atomic E-state index is -0.384. The number of nitrogens with zero attached hydrogens (tertiary/aromatic N) is 6. The first-order chi connectivity index (χ1) is 16.0. The maximum absolute atomic E-state index is 12.4. The van der Waals surface area contributed by atoms with E-state index in [-0.39, 0.29) is 5.97 Å². The molecule has 1 aromatic carbocycles. The molecule has 0 amide bonds. The molecule has 3 heterocycles. The summed E-state index contributed by atoms with van der Waals surface area (Å²) in [5.41, 5.74) is 6.16. The Labute approximate surface area is 193 Å². The lowest BCUT2D eigenvalue weighted by Crippen LogP contribution is -2.44. The molecule has 9 nitrogen and oxygen atoms in total. The highest BCUT2D eigenvalue weighted by molar-refractivity contribution is 5.91. The molecule has 2 aromatic heterocycles. The average molecular weight is 448 g/mol. The highest BCUT2D eigenvalue weighted by Gasteiger charge is 2.29. The molecular weight excluding hydrogens is 418 g/mol. The molecule has 0 unspecified atom stereocenters. The number of aryl methyl sites for hydroxylation is 2. The Kier molecular flexibility index (Phi) is 5.72. The van der Waals surface area contributed by atoms with Gasteiger partial charge in [0.05, 0.1) is 18.0 Å². The van der Waals surface area contributed by atoms with Crippen LogP contribution in [0.15, 0.2) is 30.5 Å². The van der Waals surface area contributed by atoms with E-state index < -0.39 is 0 Å². The van der Waals surface area contributed by atoms with Crippen LogP contribution in [0.3, 0.4) is 0 Å². The lowest BCUT2D eigenvalue weighted by Gasteiger charge is -2.34. The number of aromatic nitrogens is 4. The second-order valence-corrected chi connectivity index (χ2v) is 8.55. The SMILES string of the molecule is CCOC(=O)c1nn(C)c2c1CCc1cnc(Nc3ccc(N4CCN(C)CC4)cc3)nc1-2. The van der Waals surface area contributed by atoms with E-state index in [1.54, 1.807) is 11.6 Å². The van der Waals surface area contributed by atoms with Gasteiger partial charge in [0.1, 0.15) is 0 Å². The second kappa shape index (κ2) is 8.82. The van der Waals surface area contributed by atoms with Crippen molar-refractivity contribution in [1.82, 2.24) is 24.6 Å². The molecule has 5 rings (SSSR count). The summed E-state index contributed by atoms with van der Waals surface area (Å²) in [5.74, 6) is 0.137. The van der Waals surface area contributed by atoms with Crippen molar-refractivity contribution in [3.8, 4) is 11.4 Å². The topological polar surface area (TPSA) is 88.4 Å². The van der Waals surface area contributed by atoms with E-state index in [9.17, 15) is 4.79 Å². The number of fused-ring (bicyclic) bond motifs is 3. The van der Waals surface area contributed by atoms with Gasteiger partial charge in [0.2, 0.25) is 5.95 Å². The number of benzene rings is 1. The number of nitrogens with one attached hydrogen (secondary N) is 1. The molecule has 0 atom stereocenters. The number of carbonyl (C=O) groups excluding carboxylic acids is 1. The van der Waals surface area contributed by atoms with Crippen molar-refractivity contribution in [2.45, 2.75) is 19.8 Å². The van der Waals surface area contributed by atoms with E-state index >= 15 is 0 Å². The Balaban J connectivity index is 1.37. The Morgan fingerprint density at radius 3 is 2.58 bits per heavy atom. The van der Waals surface area contributed by atoms with Crippen molar-refractivity contribution >= 4 is 23.3 Å². The van der Waals surface area contributed by atoms with Gasteiger partial charge in [0.15, 0.2) is 5.69 Å². The molecule has 3 aromatic rings. The van der Waals surface area contributed by atoms with Crippen LogP contribution >= 0.6 is 0 Å². The zero-order chi connectivity index (χ0) is 22.9. The summed E-state index contributed by atoms with van der Waals surface area (Å²) in [4.78, 5) is 26.4. The molecule has 0 bridgehead atoms. The summed E-state index contributed by atoms with van der Waals surface area (Å²) in [6, 6.07) is 8.39. The van der Waals surface area contributed by atoms with Gasteiger partial charge in [0, 0.05) is 56.4 Å². The highest BCUT2D eigenvalue weighted by Crippen LogP contribution is 2.34. The summed E-state index contributed by atoms with van der Waals surface area (Å²) in [7, 11) is 4.00. The van der Waals surface area contributed by atoms with E-state index in [4.69, 9.17) is 9.72 Å². The number of ether oxygens (including phenoxy) is 1. The van der Waals surface area contributed by atoms with Crippen LogP contribution in [0.25, 0.3) is 11.4 Å². The third-order valence-electron chi connectivity index (χ3n) is 6.34. The van der Waals surface area contributed by atoms with Crippen LogP contribution in [0.1, 0.15) is 28.5 Å². The van der Waals surface area contributed by atoms with Crippen molar-refractivity contribution in [1.29, 1.82) is 0 Å². The van der Waals surface area contributed by atoms with Gasteiger partial charge in [-0.25, -0.2) is 14.8 Å². The fourth-order valence-corrected chi connectivity index (χ4v) is 4.53. The normalized spacial score (nSPS) is 15.7. The van der Waals surface area contributed by atoms with Gasteiger partial charge in [-0.15, -0.1) is 0 Å². The van der Waals surface area contributed by atoms with Crippen molar-refractivity contribution in [3.05, 3.63) is 47.3 Å². The molecule has 1 saturated heterocycles. The quantitative estimate of drug-likeness (QED) is 0.598. The monoisotopic (exact) mass is 447 g/mol. The maximum Gasteiger partial charge on any atom is 0.359 e. The number of hydrogen-bond donors (Lipinski definition) is 1. The van der Waals surface area contributed by atoms with Crippen LogP contribution < -0.4 is 10.2 Å². The van der Waals surface area contributed by atoms with E-state index in [1.807, 2.05) is 13.2 Å². The molecule has 172 valence electrons. The summed E-state index contributed by atoms with van der Waals surface area (Å²) < 4.78 is 6.91. The number of rotatable bonds is 5. The van der Waals surface area contributed by atoms with Gasteiger partial charge in [-0.05, 0) is 56.6 Å². The number of likely N-dealkylation sites (N-methyl/N-ethyl adjacent to an activating group) is 1. The molecule has 9 heteroatoms. The van der Waals surface area contributed by atoms with Crippen molar-refractivity contribution in [2.75, 3.05) is 50.1 Å². The van der Waals surface area contributed by atoms with Gasteiger partial charge < -0.3 is 19.9 Å². The fourth-order valence-electron chi connectivity index (χ4n) is 4.53. The van der Waals surface area contributed by atoms with Crippen molar-refractivity contribution in [2.24, 2.45) is 7.05 Å². The largest absolute Gasteiger partial charge is 0.461 e. The molecule has 0 radical (unpaired) electrons. The third-order valence-corrected chi connectivity index (χ3v) is 6.34. The smallest absolute Gasteiger partial charge is 0.359 e. The number of esters is 1. The Morgan fingerprint density at radius 2 is 1.85 bits per heavy atom. The van der Waals surface area contributed by atoms with Gasteiger partial charge in [0.25, 0.3) is 0 Å². The van der Waals surface area contributed by atoms with E-state index in [0.29, 0.717) is 24.7 Å². The lowest BCUT2D eigenvalue weighted by atomic mass is 9.93. The van der Waals surface area contributed by atoms with Gasteiger partial charge in [-0.2, -0.15) is 5.10 Å². The zero-order valence-corrected chi connectivity index (χ0v) is 19.3. The highest BCUT2D eigenvalue weighted by atomic mass is 16.5. The van der Waals surface area contributed by atoms with E-state index in [1.165, 1.54) is 5.69 Å². The van der Waals surface area contributed by atoms with Crippen LogP contribution in [0.5, 0.6) is 0 Å². The Bertz CT molecular complexity index is 1160. The van der Waals surface area contributed by atoms with Crippen LogP contribution in [0, 0.1) is 0 Å². The Morgan fingerprint density at radius 1 is 1.09 bits per heavy atom. The molecule has 1 aliphatic heterocycles. The van der Waals surface area contributed by atoms with Gasteiger partial charge >= 0.3 is 5.97 Å². The van der Waals surface area contributed by atoms with E-state index in [2.05, 4.69) is 56.5 Å².